The molecule has 0 radical (unpaired) electrons. The monoisotopic (exact) mass is 467 g/mol. The van der Waals surface area contributed by atoms with Gasteiger partial charge in [-0.25, -0.2) is 19.9 Å². The van der Waals surface area contributed by atoms with Crippen LogP contribution in [0.2, 0.25) is 0 Å². The van der Waals surface area contributed by atoms with Crippen LogP contribution in [0.5, 0.6) is 0 Å². The van der Waals surface area contributed by atoms with Crippen LogP contribution in [0.15, 0.2) is 55.1 Å². The number of aliphatic hydroxyl groups excluding tert-OH is 1. The van der Waals surface area contributed by atoms with Gasteiger partial charge in [-0.3, -0.25) is 0 Å². The number of H-pyrrole nitrogens is 1. The number of aromatic nitrogens is 6. The van der Waals surface area contributed by atoms with Gasteiger partial charge >= 0.3 is 0 Å². The van der Waals surface area contributed by atoms with Gasteiger partial charge in [0.2, 0.25) is 6.35 Å². The summed E-state index contributed by atoms with van der Waals surface area (Å²) in [6, 6.07) is 12.4. The summed E-state index contributed by atoms with van der Waals surface area (Å²) in [6.45, 7) is 1.65. The Balaban J connectivity index is 1.18. The maximum Gasteiger partial charge on any atom is 0.205 e. The summed E-state index contributed by atoms with van der Waals surface area (Å²) in [4.78, 5) is 26.2. The predicted molar refractivity (Wildman–Crippen MR) is 135 cm³/mol. The number of rotatable bonds is 3. The number of imidazole rings is 1. The standard InChI is InChI=1S/C25H25N9O/c1-32-22(16-12-15-6-9-26-21(15)27-13-16)31-20-23(32)28-14-29-24(20)33-10-7-17(8-11-33)34-19-5-3-2-4-18(19)30-25(34)35/h2-6,9,12-14,17,25,30,35H,7-8,10-11H2,1H3,(H,26,27). The van der Waals surface area contributed by atoms with E-state index in [1.165, 1.54) is 0 Å². The molecule has 0 spiro atoms. The molecular formula is C25H25N9O. The van der Waals surface area contributed by atoms with Crippen LogP contribution >= 0.6 is 0 Å². The zero-order valence-corrected chi connectivity index (χ0v) is 19.3. The Labute approximate surface area is 201 Å². The lowest BCUT2D eigenvalue weighted by Gasteiger charge is -2.39. The fraction of sp³-hybridized carbons (Fsp3) is 0.280. The minimum atomic E-state index is -0.695. The highest BCUT2D eigenvalue weighted by Crippen LogP contribution is 2.38. The number of aliphatic hydroxyl groups is 1. The highest BCUT2D eigenvalue weighted by atomic mass is 16.3. The van der Waals surface area contributed by atoms with Crippen molar-refractivity contribution >= 4 is 39.4 Å². The van der Waals surface area contributed by atoms with Crippen LogP contribution in [0.1, 0.15) is 12.8 Å². The van der Waals surface area contributed by atoms with Gasteiger partial charge in [-0.2, -0.15) is 0 Å². The summed E-state index contributed by atoms with van der Waals surface area (Å²) in [5.41, 5.74) is 5.44. The van der Waals surface area contributed by atoms with E-state index in [9.17, 15) is 5.11 Å². The van der Waals surface area contributed by atoms with E-state index in [1.54, 1.807) is 6.33 Å². The molecule has 0 amide bonds. The Hall–Kier alpha value is -4.18. The maximum absolute atomic E-state index is 10.6. The first kappa shape index (κ1) is 20.2. The first-order valence-electron chi connectivity index (χ1n) is 11.9. The van der Waals surface area contributed by atoms with Crippen molar-refractivity contribution < 1.29 is 5.11 Å². The Kier molecular flexibility index (Phi) is 4.43. The van der Waals surface area contributed by atoms with Gasteiger partial charge in [0.15, 0.2) is 17.0 Å². The molecule has 10 nitrogen and oxygen atoms in total. The van der Waals surface area contributed by atoms with Gasteiger partial charge in [0.1, 0.15) is 17.8 Å². The number of nitrogens with one attached hydrogen (secondary N) is 2. The number of aryl methyl sites for hydroxylation is 1. The van der Waals surface area contributed by atoms with Crippen molar-refractivity contribution in [1.29, 1.82) is 0 Å². The fourth-order valence-corrected chi connectivity index (χ4v) is 5.45. The molecule has 2 aliphatic heterocycles. The average Bonchev–Trinajstić information content (AvgIpc) is 3.58. The van der Waals surface area contributed by atoms with Crippen molar-refractivity contribution in [3.8, 4) is 11.4 Å². The number of hydrogen-bond acceptors (Lipinski definition) is 8. The van der Waals surface area contributed by atoms with Crippen molar-refractivity contribution in [2.75, 3.05) is 28.2 Å². The number of aromatic amines is 1. The Bertz CT molecular complexity index is 1550. The quantitative estimate of drug-likeness (QED) is 0.371. The Morgan fingerprint density at radius 2 is 1.91 bits per heavy atom. The Morgan fingerprint density at radius 3 is 2.80 bits per heavy atom. The molecule has 1 saturated heterocycles. The molecule has 5 aromatic rings. The van der Waals surface area contributed by atoms with E-state index in [0.29, 0.717) is 0 Å². The van der Waals surface area contributed by atoms with Gasteiger partial charge in [0.25, 0.3) is 0 Å². The molecule has 1 aromatic carbocycles. The van der Waals surface area contributed by atoms with Gasteiger partial charge in [-0.15, -0.1) is 0 Å². The predicted octanol–water partition coefficient (Wildman–Crippen LogP) is 3.08. The van der Waals surface area contributed by atoms with Crippen molar-refractivity contribution in [2.45, 2.75) is 25.2 Å². The first-order chi connectivity index (χ1) is 17.2. The topological polar surface area (TPSA) is 111 Å². The SMILES string of the molecule is Cn1c(-c2cnc3[nH]ccc3c2)nc2c(N3CCC(N4c5ccccc5NC4O)CC3)ncnc21. The lowest BCUT2D eigenvalue weighted by Crippen LogP contribution is -2.49. The number of fused-ring (bicyclic) bond motifs is 3. The van der Waals surface area contributed by atoms with Crippen LogP contribution in [0.4, 0.5) is 17.2 Å². The number of nitrogens with zero attached hydrogens (tertiary/aromatic N) is 7. The number of anilines is 3. The normalized spacial score (nSPS) is 18.4. The summed E-state index contributed by atoms with van der Waals surface area (Å²) in [6.07, 6.45) is 6.47. The number of piperidine rings is 1. The first-order valence-corrected chi connectivity index (χ1v) is 11.9. The molecule has 1 unspecified atom stereocenters. The summed E-state index contributed by atoms with van der Waals surface area (Å²) in [5.74, 6) is 1.67. The molecule has 35 heavy (non-hydrogen) atoms. The molecule has 0 bridgehead atoms. The molecule has 176 valence electrons. The molecule has 1 atom stereocenters. The summed E-state index contributed by atoms with van der Waals surface area (Å²) >= 11 is 0. The zero-order valence-electron chi connectivity index (χ0n) is 19.3. The lowest BCUT2D eigenvalue weighted by atomic mass is 10.0. The van der Waals surface area contributed by atoms with Crippen LogP contribution in [0.3, 0.4) is 0 Å². The minimum absolute atomic E-state index is 0.244. The molecule has 0 aliphatic carbocycles. The third-order valence-corrected chi connectivity index (χ3v) is 7.18. The fourth-order valence-electron chi connectivity index (χ4n) is 5.45. The van der Waals surface area contributed by atoms with E-state index >= 15 is 0 Å². The number of hydrogen-bond donors (Lipinski definition) is 3. The second kappa shape index (κ2) is 7.67. The highest BCUT2D eigenvalue weighted by Gasteiger charge is 2.35. The third-order valence-electron chi connectivity index (χ3n) is 7.18. The van der Waals surface area contributed by atoms with E-state index in [4.69, 9.17) is 4.98 Å². The largest absolute Gasteiger partial charge is 0.356 e. The van der Waals surface area contributed by atoms with E-state index in [2.05, 4.69) is 47.2 Å². The second-order valence-corrected chi connectivity index (χ2v) is 9.16. The number of para-hydroxylation sites is 2. The van der Waals surface area contributed by atoms with Crippen LogP contribution in [0.25, 0.3) is 33.6 Å². The molecule has 4 aromatic heterocycles. The van der Waals surface area contributed by atoms with Crippen LogP contribution in [-0.4, -0.2) is 60.1 Å². The highest BCUT2D eigenvalue weighted by molar-refractivity contribution is 5.88. The number of pyridine rings is 1. The average molecular weight is 468 g/mol. The second-order valence-electron chi connectivity index (χ2n) is 9.16. The van der Waals surface area contributed by atoms with Crippen molar-refractivity contribution in [2.24, 2.45) is 7.05 Å². The van der Waals surface area contributed by atoms with Gasteiger partial charge in [-0.05, 0) is 37.1 Å². The van der Waals surface area contributed by atoms with Gasteiger partial charge in [-0.1, -0.05) is 12.1 Å². The lowest BCUT2D eigenvalue weighted by molar-refractivity contribution is 0.186. The molecule has 7 rings (SSSR count). The number of benzene rings is 1. The van der Waals surface area contributed by atoms with Gasteiger partial charge < -0.3 is 29.8 Å². The van der Waals surface area contributed by atoms with Crippen LogP contribution < -0.4 is 15.1 Å². The van der Waals surface area contributed by atoms with Crippen LogP contribution in [0, 0.1) is 0 Å². The summed E-state index contributed by atoms with van der Waals surface area (Å²) in [7, 11) is 1.98. The maximum atomic E-state index is 10.6. The molecular weight excluding hydrogens is 442 g/mol. The van der Waals surface area contributed by atoms with E-state index in [1.807, 2.05) is 48.3 Å². The van der Waals surface area contributed by atoms with Gasteiger partial charge in [0, 0.05) is 49.5 Å². The minimum Gasteiger partial charge on any atom is -0.356 e. The molecule has 0 saturated carbocycles. The summed E-state index contributed by atoms with van der Waals surface area (Å²) in [5, 5.41) is 14.9. The molecule has 3 N–H and O–H groups in total. The van der Waals surface area contributed by atoms with Crippen molar-refractivity contribution in [3.05, 3.63) is 55.1 Å². The third kappa shape index (κ3) is 3.13. The molecule has 1 fully saturated rings. The molecule has 6 heterocycles. The smallest absolute Gasteiger partial charge is 0.205 e. The van der Waals surface area contributed by atoms with Crippen molar-refractivity contribution in [1.82, 2.24) is 29.5 Å². The molecule has 2 aliphatic rings. The van der Waals surface area contributed by atoms with Gasteiger partial charge in [0.05, 0.1) is 11.4 Å². The van der Waals surface area contributed by atoms with Crippen molar-refractivity contribution in [3.63, 3.8) is 0 Å². The Morgan fingerprint density at radius 1 is 1.06 bits per heavy atom. The van der Waals surface area contributed by atoms with E-state index < -0.39 is 6.35 Å². The zero-order chi connectivity index (χ0) is 23.5. The van der Waals surface area contributed by atoms with Crippen LogP contribution in [-0.2, 0) is 7.05 Å². The molecule has 10 heteroatoms. The summed E-state index contributed by atoms with van der Waals surface area (Å²) < 4.78 is 2.01. The van der Waals surface area contributed by atoms with E-state index in [0.717, 1.165) is 76.7 Å². The van der Waals surface area contributed by atoms with E-state index in [-0.39, 0.29) is 6.04 Å².